The largest absolute Gasteiger partial charge is 0.408 e. The van der Waals surface area contributed by atoms with Crippen LogP contribution >= 0.6 is 11.3 Å². The van der Waals surface area contributed by atoms with Crippen molar-refractivity contribution < 1.29 is 8.81 Å². The molecular formula is C16H9FN2O2S. The summed E-state index contributed by atoms with van der Waals surface area (Å²) < 4.78 is 18.5. The molecule has 0 bridgehead atoms. The summed E-state index contributed by atoms with van der Waals surface area (Å²) in [5, 5.41) is 0.821. The lowest BCUT2D eigenvalue weighted by atomic mass is 10.1. The van der Waals surface area contributed by atoms with E-state index in [-0.39, 0.29) is 5.82 Å². The molecule has 4 nitrogen and oxygen atoms in total. The molecule has 4 aromatic rings. The summed E-state index contributed by atoms with van der Waals surface area (Å²) in [5.74, 6) is 0.0452. The average molecular weight is 312 g/mol. The van der Waals surface area contributed by atoms with Crippen LogP contribution in [0.3, 0.4) is 0 Å². The number of nitrogens with zero attached hydrogens (tertiary/aromatic N) is 2. The second-order valence-corrected chi connectivity index (χ2v) is 5.86. The Bertz CT molecular complexity index is 1070. The van der Waals surface area contributed by atoms with Gasteiger partial charge in [0.25, 0.3) is 0 Å². The molecule has 22 heavy (non-hydrogen) atoms. The average Bonchev–Trinajstić information content (AvgIpc) is 2.86. The molecule has 4 rings (SSSR count). The Morgan fingerprint density at radius 1 is 1.09 bits per heavy atom. The van der Waals surface area contributed by atoms with E-state index in [2.05, 4.69) is 9.97 Å². The standard InChI is InChI=1S/C16H9FN2O2S/c1-8-18-13-11-6-7-12(9-2-4-10(17)5-3-9)19-15(11)22-14(13)16(20)21-8/h2-7H,1H3. The summed E-state index contributed by atoms with van der Waals surface area (Å²) in [5.41, 5.74) is 1.76. The predicted octanol–water partition coefficient (Wildman–Crippen LogP) is 3.91. The summed E-state index contributed by atoms with van der Waals surface area (Å²) in [6.45, 7) is 1.64. The molecule has 0 fully saturated rings. The van der Waals surface area contributed by atoms with E-state index in [9.17, 15) is 9.18 Å². The zero-order valence-corrected chi connectivity index (χ0v) is 12.3. The van der Waals surface area contributed by atoms with Gasteiger partial charge in [-0.15, -0.1) is 11.3 Å². The van der Waals surface area contributed by atoms with Crippen molar-refractivity contribution in [3.05, 3.63) is 58.5 Å². The van der Waals surface area contributed by atoms with E-state index in [0.717, 1.165) is 16.6 Å². The molecule has 108 valence electrons. The second-order valence-electron chi connectivity index (χ2n) is 4.86. The van der Waals surface area contributed by atoms with Gasteiger partial charge in [0.2, 0.25) is 0 Å². The van der Waals surface area contributed by atoms with E-state index in [0.29, 0.717) is 20.9 Å². The molecule has 3 aromatic heterocycles. The molecule has 0 atom stereocenters. The van der Waals surface area contributed by atoms with Crippen LogP contribution in [0.4, 0.5) is 4.39 Å². The van der Waals surface area contributed by atoms with Gasteiger partial charge >= 0.3 is 5.63 Å². The quantitative estimate of drug-likeness (QED) is 0.534. The van der Waals surface area contributed by atoms with E-state index >= 15 is 0 Å². The van der Waals surface area contributed by atoms with Crippen LogP contribution in [0.2, 0.25) is 0 Å². The van der Waals surface area contributed by atoms with Gasteiger partial charge in [-0.25, -0.2) is 19.2 Å². The lowest BCUT2D eigenvalue weighted by molar-refractivity contribution is 0.468. The Hall–Kier alpha value is -2.60. The molecule has 0 aliphatic heterocycles. The Morgan fingerprint density at radius 3 is 2.64 bits per heavy atom. The van der Waals surface area contributed by atoms with Gasteiger partial charge in [0.05, 0.1) is 5.69 Å². The Balaban J connectivity index is 1.98. The monoisotopic (exact) mass is 312 g/mol. The molecule has 0 amide bonds. The third-order valence-electron chi connectivity index (χ3n) is 3.36. The van der Waals surface area contributed by atoms with Gasteiger partial charge in [0, 0.05) is 17.9 Å². The molecule has 0 spiro atoms. The smallest absolute Gasteiger partial charge is 0.357 e. The zero-order chi connectivity index (χ0) is 15.3. The topological polar surface area (TPSA) is 56.0 Å². The maximum atomic E-state index is 13.0. The first kappa shape index (κ1) is 13.1. The molecule has 6 heteroatoms. The van der Waals surface area contributed by atoms with E-state index < -0.39 is 5.63 Å². The van der Waals surface area contributed by atoms with Crippen molar-refractivity contribution in [1.82, 2.24) is 9.97 Å². The maximum Gasteiger partial charge on any atom is 0.357 e. The highest BCUT2D eigenvalue weighted by atomic mass is 32.1. The molecule has 3 heterocycles. The van der Waals surface area contributed by atoms with Gasteiger partial charge < -0.3 is 4.42 Å². The molecule has 0 unspecified atom stereocenters. The van der Waals surface area contributed by atoms with Crippen molar-refractivity contribution in [2.75, 3.05) is 0 Å². The molecular weight excluding hydrogens is 303 g/mol. The van der Waals surface area contributed by atoms with Crippen molar-refractivity contribution in [2.45, 2.75) is 6.92 Å². The summed E-state index contributed by atoms with van der Waals surface area (Å²) in [6.07, 6.45) is 0. The minimum atomic E-state index is -0.395. The van der Waals surface area contributed by atoms with Gasteiger partial charge in [0.15, 0.2) is 5.89 Å². The first-order valence-corrected chi connectivity index (χ1v) is 7.40. The van der Waals surface area contributed by atoms with Gasteiger partial charge in [0.1, 0.15) is 20.9 Å². The molecule has 0 saturated heterocycles. The van der Waals surface area contributed by atoms with E-state index in [1.165, 1.54) is 23.5 Å². The van der Waals surface area contributed by atoms with Crippen molar-refractivity contribution in [3.63, 3.8) is 0 Å². The number of thiophene rings is 1. The first-order chi connectivity index (χ1) is 10.6. The fourth-order valence-corrected chi connectivity index (χ4v) is 3.35. The second kappa shape index (κ2) is 4.71. The van der Waals surface area contributed by atoms with Crippen molar-refractivity contribution in [3.8, 4) is 11.3 Å². The minimum Gasteiger partial charge on any atom is -0.408 e. The first-order valence-electron chi connectivity index (χ1n) is 6.59. The number of hydrogen-bond donors (Lipinski definition) is 0. The van der Waals surface area contributed by atoms with Crippen molar-refractivity contribution in [1.29, 1.82) is 0 Å². The molecule has 0 N–H and O–H groups in total. The normalized spacial score (nSPS) is 11.4. The van der Waals surface area contributed by atoms with Crippen molar-refractivity contribution >= 4 is 31.8 Å². The van der Waals surface area contributed by atoms with Gasteiger partial charge in [-0.1, -0.05) is 0 Å². The number of aromatic nitrogens is 2. The van der Waals surface area contributed by atoms with Crippen LogP contribution in [0.1, 0.15) is 5.89 Å². The highest BCUT2D eigenvalue weighted by Gasteiger charge is 2.13. The highest BCUT2D eigenvalue weighted by molar-refractivity contribution is 7.25. The lowest BCUT2D eigenvalue weighted by Gasteiger charge is -2.00. The van der Waals surface area contributed by atoms with Crippen LogP contribution in [0, 0.1) is 12.7 Å². The number of hydrogen-bond acceptors (Lipinski definition) is 5. The van der Waals surface area contributed by atoms with Crippen molar-refractivity contribution in [2.24, 2.45) is 0 Å². The van der Waals surface area contributed by atoms with Gasteiger partial charge in [-0.2, -0.15) is 0 Å². The molecule has 0 radical (unpaired) electrons. The molecule has 0 saturated carbocycles. The summed E-state index contributed by atoms with van der Waals surface area (Å²) in [6, 6.07) is 9.86. The van der Waals surface area contributed by atoms with E-state index in [1.807, 2.05) is 12.1 Å². The third kappa shape index (κ3) is 2.00. The van der Waals surface area contributed by atoms with Crippen LogP contribution in [-0.4, -0.2) is 9.97 Å². The number of rotatable bonds is 1. The Kier molecular flexibility index (Phi) is 2.80. The Morgan fingerprint density at radius 2 is 1.86 bits per heavy atom. The highest BCUT2D eigenvalue weighted by Crippen LogP contribution is 2.31. The van der Waals surface area contributed by atoms with E-state index in [1.54, 1.807) is 19.1 Å². The zero-order valence-electron chi connectivity index (χ0n) is 11.5. The molecule has 1 aromatic carbocycles. The van der Waals surface area contributed by atoms with Crippen LogP contribution in [0.15, 0.2) is 45.6 Å². The van der Waals surface area contributed by atoms with Gasteiger partial charge in [-0.05, 0) is 36.4 Å². The fourth-order valence-electron chi connectivity index (χ4n) is 2.36. The number of pyridine rings is 1. The molecule has 0 aliphatic rings. The number of fused-ring (bicyclic) bond motifs is 3. The summed E-state index contributed by atoms with van der Waals surface area (Å²) in [7, 11) is 0. The lowest BCUT2D eigenvalue weighted by Crippen LogP contribution is -1.99. The van der Waals surface area contributed by atoms with E-state index in [4.69, 9.17) is 4.42 Å². The molecule has 0 aliphatic carbocycles. The fraction of sp³-hybridized carbons (Fsp3) is 0.0625. The SMILES string of the molecule is Cc1nc2c(sc3nc(-c4ccc(F)cc4)ccc32)c(=O)o1. The third-order valence-corrected chi connectivity index (χ3v) is 4.43. The van der Waals surface area contributed by atoms with Gasteiger partial charge in [-0.3, -0.25) is 0 Å². The van der Waals surface area contributed by atoms with Crippen LogP contribution in [0.25, 0.3) is 31.7 Å². The summed E-state index contributed by atoms with van der Waals surface area (Å²) >= 11 is 1.26. The predicted molar refractivity (Wildman–Crippen MR) is 83.6 cm³/mol. The Labute approximate surface area is 127 Å². The summed E-state index contributed by atoms with van der Waals surface area (Å²) in [4.78, 5) is 21.5. The van der Waals surface area contributed by atoms with Crippen LogP contribution in [0.5, 0.6) is 0 Å². The maximum absolute atomic E-state index is 13.0. The number of halogens is 1. The van der Waals surface area contributed by atoms with Crippen LogP contribution in [-0.2, 0) is 0 Å². The minimum absolute atomic E-state index is 0.288. The number of aryl methyl sites for hydroxylation is 1. The number of benzene rings is 1. The van der Waals surface area contributed by atoms with Crippen LogP contribution < -0.4 is 5.63 Å².